The highest BCUT2D eigenvalue weighted by atomic mass is 32.1. The fourth-order valence-electron chi connectivity index (χ4n) is 7.88. The Morgan fingerprint density at radius 3 is 1.68 bits per heavy atom. The molecule has 0 radical (unpaired) electrons. The van der Waals surface area contributed by atoms with E-state index in [2.05, 4.69) is 120 Å². The summed E-state index contributed by atoms with van der Waals surface area (Å²) < 4.78 is 4.82. The largest absolute Gasteiger partial charge is 0.292 e. The van der Waals surface area contributed by atoms with Gasteiger partial charge in [-0.3, -0.25) is 4.57 Å². The number of nitrogens with zero attached hydrogens (tertiary/aromatic N) is 5. The van der Waals surface area contributed by atoms with Crippen molar-refractivity contribution < 1.29 is 0 Å². The molecule has 11 aromatic rings. The van der Waals surface area contributed by atoms with Crippen molar-refractivity contribution in [3.8, 4) is 62.2 Å². The van der Waals surface area contributed by atoms with Crippen molar-refractivity contribution in [3.63, 3.8) is 0 Å². The van der Waals surface area contributed by atoms with E-state index >= 15 is 0 Å². The summed E-state index contributed by atoms with van der Waals surface area (Å²) in [6, 6.07) is 63.4. The number of benzene rings is 7. The maximum atomic E-state index is 5.42. The Morgan fingerprint density at radius 1 is 0.393 bits per heavy atom. The molecule has 0 spiro atoms. The SMILES string of the molecule is c1ccc(-c2cccc(-c3cnc(-n4c5ccccc5c5ccc6sc7ccccc7c6c54)c(-c4nc(-c5ccccc5)nc(-c5ccccc5)n4)c3)c2)cc1. The second-order valence-corrected chi connectivity index (χ2v) is 14.9. The molecule has 56 heavy (non-hydrogen) atoms. The predicted molar refractivity (Wildman–Crippen MR) is 232 cm³/mol. The van der Waals surface area contributed by atoms with Crippen molar-refractivity contribution in [2.24, 2.45) is 0 Å². The molecular weight excluding hydrogens is 703 g/mol. The van der Waals surface area contributed by atoms with E-state index in [0.717, 1.165) is 61.2 Å². The van der Waals surface area contributed by atoms with E-state index in [1.54, 1.807) is 0 Å². The summed E-state index contributed by atoms with van der Waals surface area (Å²) in [6.45, 7) is 0. The van der Waals surface area contributed by atoms with Crippen molar-refractivity contribution in [3.05, 3.63) is 188 Å². The van der Waals surface area contributed by atoms with Gasteiger partial charge in [-0.2, -0.15) is 0 Å². The quantitative estimate of drug-likeness (QED) is 0.171. The van der Waals surface area contributed by atoms with Gasteiger partial charge in [-0.1, -0.05) is 152 Å². The highest BCUT2D eigenvalue weighted by molar-refractivity contribution is 7.26. The average Bonchev–Trinajstić information content (AvgIpc) is 3.83. The Balaban J connectivity index is 1.24. The first kappa shape index (κ1) is 32.2. The molecule has 0 saturated heterocycles. The molecule has 0 fully saturated rings. The van der Waals surface area contributed by atoms with Crippen LogP contribution in [-0.2, 0) is 0 Å². The number of hydrogen-bond donors (Lipinski definition) is 0. The maximum absolute atomic E-state index is 5.42. The standard InChI is InChI=1S/C50H31N5S/c1-4-15-32(16-5-1)35-21-14-22-36(29-35)37-30-41(49-53-47(33-17-6-2-7-18-33)52-48(54-49)34-19-8-3-9-20-34)50(51-31-37)55-42-25-12-10-23-38(42)39-27-28-44-45(46(39)55)40-24-11-13-26-43(40)56-44/h1-31H. The Kier molecular flexibility index (Phi) is 7.60. The topological polar surface area (TPSA) is 56.5 Å². The van der Waals surface area contributed by atoms with Gasteiger partial charge in [0.05, 0.1) is 16.6 Å². The van der Waals surface area contributed by atoms with E-state index in [4.69, 9.17) is 19.9 Å². The van der Waals surface area contributed by atoms with Crippen LogP contribution in [0.3, 0.4) is 0 Å². The average molecular weight is 734 g/mol. The number of thiophene rings is 1. The molecular formula is C50H31N5S. The number of pyridine rings is 1. The second-order valence-electron chi connectivity index (χ2n) is 13.9. The minimum atomic E-state index is 0.551. The van der Waals surface area contributed by atoms with E-state index in [-0.39, 0.29) is 0 Å². The second kappa shape index (κ2) is 13.2. The van der Waals surface area contributed by atoms with Crippen LogP contribution in [0.2, 0.25) is 0 Å². The minimum Gasteiger partial charge on any atom is -0.292 e. The normalized spacial score (nSPS) is 11.6. The summed E-state index contributed by atoms with van der Waals surface area (Å²) in [5, 5.41) is 4.79. The Bertz CT molecular complexity index is 3190. The highest BCUT2D eigenvalue weighted by Crippen LogP contribution is 2.44. The van der Waals surface area contributed by atoms with Crippen LogP contribution < -0.4 is 0 Å². The predicted octanol–water partition coefficient (Wildman–Crippen LogP) is 13.1. The molecule has 0 amide bonds. The minimum absolute atomic E-state index is 0.551. The molecule has 0 N–H and O–H groups in total. The first-order chi connectivity index (χ1) is 27.8. The van der Waals surface area contributed by atoms with E-state index in [0.29, 0.717) is 17.5 Å². The molecule has 4 heterocycles. The number of para-hydroxylation sites is 1. The van der Waals surface area contributed by atoms with Crippen LogP contribution in [0.4, 0.5) is 0 Å². The zero-order valence-electron chi connectivity index (χ0n) is 30.0. The lowest BCUT2D eigenvalue weighted by atomic mass is 9.99. The third-order valence-electron chi connectivity index (χ3n) is 10.5. The molecule has 5 nitrogen and oxygen atoms in total. The summed E-state index contributed by atoms with van der Waals surface area (Å²) in [7, 11) is 0. The maximum Gasteiger partial charge on any atom is 0.167 e. The van der Waals surface area contributed by atoms with E-state index in [1.165, 1.54) is 25.6 Å². The van der Waals surface area contributed by atoms with Gasteiger partial charge in [0.2, 0.25) is 0 Å². The molecule has 262 valence electrons. The van der Waals surface area contributed by atoms with Gasteiger partial charge in [0.1, 0.15) is 5.82 Å². The van der Waals surface area contributed by atoms with Crippen molar-refractivity contribution in [2.45, 2.75) is 0 Å². The molecule has 0 atom stereocenters. The van der Waals surface area contributed by atoms with Gasteiger partial charge in [0, 0.05) is 53.8 Å². The lowest BCUT2D eigenvalue weighted by molar-refractivity contribution is 1.04. The number of fused-ring (bicyclic) bond motifs is 7. The van der Waals surface area contributed by atoms with Crippen molar-refractivity contribution in [1.82, 2.24) is 24.5 Å². The van der Waals surface area contributed by atoms with Gasteiger partial charge in [-0.25, -0.2) is 19.9 Å². The van der Waals surface area contributed by atoms with E-state index < -0.39 is 0 Å². The van der Waals surface area contributed by atoms with E-state index in [9.17, 15) is 0 Å². The smallest absolute Gasteiger partial charge is 0.167 e. The molecule has 0 bridgehead atoms. The summed E-state index contributed by atoms with van der Waals surface area (Å²) in [4.78, 5) is 21.0. The van der Waals surface area contributed by atoms with Crippen LogP contribution >= 0.6 is 11.3 Å². The Morgan fingerprint density at radius 2 is 0.964 bits per heavy atom. The van der Waals surface area contributed by atoms with E-state index in [1.807, 2.05) is 84.3 Å². The zero-order chi connectivity index (χ0) is 37.0. The summed E-state index contributed by atoms with van der Waals surface area (Å²) in [5.41, 5.74) is 9.15. The molecule has 4 aromatic heterocycles. The summed E-state index contributed by atoms with van der Waals surface area (Å²) in [5.74, 6) is 2.51. The van der Waals surface area contributed by atoms with Crippen LogP contribution in [0.1, 0.15) is 0 Å². The first-order valence-corrected chi connectivity index (χ1v) is 19.5. The van der Waals surface area contributed by atoms with Gasteiger partial charge in [-0.15, -0.1) is 11.3 Å². The molecule has 6 heteroatoms. The molecule has 0 unspecified atom stereocenters. The van der Waals surface area contributed by atoms with Gasteiger partial charge in [-0.05, 0) is 47.0 Å². The van der Waals surface area contributed by atoms with Gasteiger partial charge in [0.15, 0.2) is 17.5 Å². The van der Waals surface area contributed by atoms with Crippen molar-refractivity contribution >= 4 is 53.3 Å². The lowest BCUT2D eigenvalue weighted by Gasteiger charge is -2.16. The number of aromatic nitrogens is 5. The molecule has 0 saturated carbocycles. The van der Waals surface area contributed by atoms with Gasteiger partial charge in [0.25, 0.3) is 0 Å². The monoisotopic (exact) mass is 733 g/mol. The van der Waals surface area contributed by atoms with Crippen LogP contribution in [0.25, 0.3) is 104 Å². The summed E-state index contributed by atoms with van der Waals surface area (Å²) >= 11 is 1.82. The van der Waals surface area contributed by atoms with Gasteiger partial charge < -0.3 is 0 Å². The fourth-order valence-corrected chi connectivity index (χ4v) is 8.99. The van der Waals surface area contributed by atoms with Crippen molar-refractivity contribution in [2.75, 3.05) is 0 Å². The molecule has 0 aliphatic rings. The number of rotatable bonds is 6. The van der Waals surface area contributed by atoms with Crippen LogP contribution in [-0.4, -0.2) is 24.5 Å². The van der Waals surface area contributed by atoms with Crippen LogP contribution in [0.5, 0.6) is 0 Å². The van der Waals surface area contributed by atoms with Gasteiger partial charge >= 0.3 is 0 Å². The zero-order valence-corrected chi connectivity index (χ0v) is 30.9. The highest BCUT2D eigenvalue weighted by Gasteiger charge is 2.23. The lowest BCUT2D eigenvalue weighted by Crippen LogP contribution is -2.06. The first-order valence-electron chi connectivity index (χ1n) is 18.6. The summed E-state index contributed by atoms with van der Waals surface area (Å²) in [6.07, 6.45) is 1.99. The molecule has 11 rings (SSSR count). The fraction of sp³-hybridized carbons (Fsp3) is 0. The Hall–Kier alpha value is -7.28. The Labute approximate surface area is 326 Å². The van der Waals surface area contributed by atoms with Crippen LogP contribution in [0.15, 0.2) is 188 Å². The molecule has 7 aromatic carbocycles. The third kappa shape index (κ3) is 5.38. The molecule has 0 aliphatic heterocycles. The van der Waals surface area contributed by atoms with Crippen molar-refractivity contribution in [1.29, 1.82) is 0 Å². The third-order valence-corrected chi connectivity index (χ3v) is 11.6. The van der Waals surface area contributed by atoms with Crippen LogP contribution in [0, 0.1) is 0 Å². The molecule has 0 aliphatic carbocycles. The number of hydrogen-bond acceptors (Lipinski definition) is 5.